The lowest BCUT2D eigenvalue weighted by Gasteiger charge is -2.38. The molecule has 0 unspecified atom stereocenters. The van der Waals surface area contributed by atoms with E-state index in [1.54, 1.807) is 25.7 Å². The quantitative estimate of drug-likeness (QED) is 0.457. The lowest BCUT2D eigenvalue weighted by atomic mass is 9.68. The molecule has 1 radical (unpaired) electrons. The Bertz CT molecular complexity index is 190. The van der Waals surface area contributed by atoms with Gasteiger partial charge in [0.1, 0.15) is 0 Å². The number of unbranched alkanes of at least 4 members (excludes halogenated alkanes) is 3. The fourth-order valence-electron chi connectivity index (χ4n) is 4.64. The van der Waals surface area contributed by atoms with Crippen molar-refractivity contribution in [3.8, 4) is 0 Å². The van der Waals surface area contributed by atoms with Crippen molar-refractivity contribution in [2.45, 2.75) is 96.8 Å². The standard InChI is InChI=1S/C19H35/c1-2-3-4-11-16-19(17-12-7-5-8-13-17)18-14-9-6-10-15-18/h4,17-19H,2-3,5-16H2,1H3. The normalized spacial score (nSPS) is 23.1. The summed E-state index contributed by atoms with van der Waals surface area (Å²) in [6.07, 6.45) is 23.4. The predicted molar refractivity (Wildman–Crippen MR) is 85.1 cm³/mol. The molecule has 111 valence electrons. The van der Waals surface area contributed by atoms with E-state index in [-0.39, 0.29) is 0 Å². The van der Waals surface area contributed by atoms with Gasteiger partial charge >= 0.3 is 0 Å². The molecule has 0 atom stereocenters. The van der Waals surface area contributed by atoms with Crippen LogP contribution in [-0.2, 0) is 0 Å². The van der Waals surface area contributed by atoms with Crippen LogP contribution < -0.4 is 0 Å². The summed E-state index contributed by atoms with van der Waals surface area (Å²) >= 11 is 0. The Balaban J connectivity index is 1.83. The van der Waals surface area contributed by atoms with Crippen LogP contribution in [0, 0.1) is 24.2 Å². The first kappa shape index (κ1) is 15.4. The zero-order valence-electron chi connectivity index (χ0n) is 13.2. The van der Waals surface area contributed by atoms with Gasteiger partial charge in [0.15, 0.2) is 0 Å². The van der Waals surface area contributed by atoms with E-state index in [0.29, 0.717) is 0 Å². The molecule has 0 aromatic heterocycles. The van der Waals surface area contributed by atoms with Gasteiger partial charge < -0.3 is 0 Å². The van der Waals surface area contributed by atoms with Gasteiger partial charge in [0.25, 0.3) is 0 Å². The van der Waals surface area contributed by atoms with Gasteiger partial charge in [-0.15, -0.1) is 0 Å². The summed E-state index contributed by atoms with van der Waals surface area (Å²) in [5.74, 6) is 3.26. The molecule has 2 saturated carbocycles. The second-order valence-electron chi connectivity index (χ2n) is 7.11. The van der Waals surface area contributed by atoms with Gasteiger partial charge in [-0.25, -0.2) is 0 Å². The largest absolute Gasteiger partial charge is 0.0654 e. The molecule has 0 aromatic carbocycles. The zero-order chi connectivity index (χ0) is 13.3. The van der Waals surface area contributed by atoms with Crippen molar-refractivity contribution in [2.24, 2.45) is 17.8 Å². The maximum atomic E-state index is 2.57. The van der Waals surface area contributed by atoms with E-state index < -0.39 is 0 Å². The third-order valence-corrected chi connectivity index (χ3v) is 5.71. The van der Waals surface area contributed by atoms with Crippen molar-refractivity contribution < 1.29 is 0 Å². The van der Waals surface area contributed by atoms with Crippen molar-refractivity contribution in [3.05, 3.63) is 6.42 Å². The maximum absolute atomic E-state index is 2.57. The maximum Gasteiger partial charge on any atom is -0.0357 e. The summed E-state index contributed by atoms with van der Waals surface area (Å²) in [5, 5.41) is 0. The van der Waals surface area contributed by atoms with Crippen molar-refractivity contribution in [3.63, 3.8) is 0 Å². The van der Waals surface area contributed by atoms with Crippen LogP contribution >= 0.6 is 0 Å². The minimum Gasteiger partial charge on any atom is -0.0654 e. The average molecular weight is 263 g/mol. The molecule has 0 aromatic rings. The monoisotopic (exact) mass is 263 g/mol. The van der Waals surface area contributed by atoms with Gasteiger partial charge in [0, 0.05) is 0 Å². The van der Waals surface area contributed by atoms with Crippen LogP contribution in [0.15, 0.2) is 0 Å². The lowest BCUT2D eigenvalue weighted by Crippen LogP contribution is -2.27. The van der Waals surface area contributed by atoms with Crippen LogP contribution in [0.25, 0.3) is 0 Å². The SMILES string of the molecule is CCC[CH]CCC(C1CCCCC1)C1CCCCC1. The Morgan fingerprint density at radius 2 is 1.32 bits per heavy atom. The second kappa shape index (κ2) is 9.03. The first-order valence-electron chi connectivity index (χ1n) is 9.23. The summed E-state index contributed by atoms with van der Waals surface area (Å²) in [6, 6.07) is 0. The van der Waals surface area contributed by atoms with Crippen molar-refractivity contribution in [2.75, 3.05) is 0 Å². The summed E-state index contributed by atoms with van der Waals surface area (Å²) in [5.41, 5.74) is 0. The molecule has 0 saturated heterocycles. The Labute approximate surface area is 121 Å². The Hall–Kier alpha value is 0. The molecule has 2 fully saturated rings. The van der Waals surface area contributed by atoms with Crippen LogP contribution in [0.1, 0.15) is 96.8 Å². The first-order valence-corrected chi connectivity index (χ1v) is 9.23. The molecule has 0 N–H and O–H groups in total. The molecule has 2 aliphatic carbocycles. The highest BCUT2D eigenvalue weighted by Gasteiger charge is 2.30. The molecule has 2 aliphatic rings. The first-order chi connectivity index (χ1) is 9.42. The van der Waals surface area contributed by atoms with E-state index in [9.17, 15) is 0 Å². The molecule has 19 heavy (non-hydrogen) atoms. The zero-order valence-corrected chi connectivity index (χ0v) is 13.2. The Morgan fingerprint density at radius 1 is 0.789 bits per heavy atom. The van der Waals surface area contributed by atoms with Crippen LogP contribution in [0.3, 0.4) is 0 Å². The highest BCUT2D eigenvalue weighted by Crippen LogP contribution is 2.42. The summed E-state index contributed by atoms with van der Waals surface area (Å²) in [6.45, 7) is 2.30. The lowest BCUT2D eigenvalue weighted by molar-refractivity contribution is 0.134. The fraction of sp³-hybridized carbons (Fsp3) is 0.947. The molecule has 0 heteroatoms. The summed E-state index contributed by atoms with van der Waals surface area (Å²) in [7, 11) is 0. The number of rotatable bonds is 7. The fourth-order valence-corrected chi connectivity index (χ4v) is 4.64. The van der Waals surface area contributed by atoms with Gasteiger partial charge in [-0.2, -0.15) is 0 Å². The van der Waals surface area contributed by atoms with Crippen LogP contribution in [0.5, 0.6) is 0 Å². The third kappa shape index (κ3) is 5.12. The van der Waals surface area contributed by atoms with E-state index in [1.807, 2.05) is 0 Å². The molecule has 0 bridgehead atoms. The molecule has 0 heterocycles. The van der Waals surface area contributed by atoms with Crippen molar-refractivity contribution in [1.29, 1.82) is 0 Å². The van der Waals surface area contributed by atoms with E-state index in [2.05, 4.69) is 13.3 Å². The van der Waals surface area contributed by atoms with Crippen LogP contribution in [0.4, 0.5) is 0 Å². The minimum atomic E-state index is 1.08. The van der Waals surface area contributed by atoms with Crippen molar-refractivity contribution in [1.82, 2.24) is 0 Å². The molecule has 0 nitrogen and oxygen atoms in total. The predicted octanol–water partition coefficient (Wildman–Crippen LogP) is 6.55. The van der Waals surface area contributed by atoms with Gasteiger partial charge in [0.05, 0.1) is 0 Å². The van der Waals surface area contributed by atoms with Crippen molar-refractivity contribution >= 4 is 0 Å². The summed E-state index contributed by atoms with van der Waals surface area (Å²) in [4.78, 5) is 0. The molecule has 0 aliphatic heterocycles. The molecule has 2 rings (SSSR count). The molecular formula is C19H35. The Morgan fingerprint density at radius 3 is 1.79 bits per heavy atom. The van der Waals surface area contributed by atoms with E-state index in [0.717, 1.165) is 17.8 Å². The van der Waals surface area contributed by atoms with Gasteiger partial charge in [-0.1, -0.05) is 84.0 Å². The van der Waals surface area contributed by atoms with Gasteiger partial charge in [0.2, 0.25) is 0 Å². The van der Waals surface area contributed by atoms with Gasteiger partial charge in [-0.05, 0) is 37.0 Å². The highest BCUT2D eigenvalue weighted by molar-refractivity contribution is 4.83. The minimum absolute atomic E-state index is 1.08. The second-order valence-corrected chi connectivity index (χ2v) is 7.11. The topological polar surface area (TPSA) is 0 Å². The van der Waals surface area contributed by atoms with Gasteiger partial charge in [-0.3, -0.25) is 0 Å². The van der Waals surface area contributed by atoms with Crippen LogP contribution in [0.2, 0.25) is 0 Å². The summed E-state index contributed by atoms with van der Waals surface area (Å²) < 4.78 is 0. The van der Waals surface area contributed by atoms with Crippen LogP contribution in [-0.4, -0.2) is 0 Å². The molecular weight excluding hydrogens is 228 g/mol. The average Bonchev–Trinajstić information content (AvgIpc) is 2.49. The Kier molecular flexibility index (Phi) is 7.32. The smallest absolute Gasteiger partial charge is 0.0357 e. The number of hydrogen-bond donors (Lipinski definition) is 0. The third-order valence-electron chi connectivity index (χ3n) is 5.71. The molecule has 0 spiro atoms. The van der Waals surface area contributed by atoms with E-state index in [4.69, 9.17) is 0 Å². The van der Waals surface area contributed by atoms with E-state index in [1.165, 1.54) is 64.2 Å². The van der Waals surface area contributed by atoms with E-state index >= 15 is 0 Å². The molecule has 0 amide bonds. The highest BCUT2D eigenvalue weighted by atomic mass is 14.4. The number of hydrogen-bond acceptors (Lipinski definition) is 0.